The number of nitrogens with one attached hydrogen (secondary N) is 2. The van der Waals surface area contributed by atoms with Crippen LogP contribution in [0.1, 0.15) is 34.2 Å². The van der Waals surface area contributed by atoms with Crippen LogP contribution in [0.3, 0.4) is 0 Å². The lowest BCUT2D eigenvalue weighted by Crippen LogP contribution is -2.25. The quantitative estimate of drug-likeness (QED) is 0.866. The molecule has 0 aliphatic heterocycles. The van der Waals surface area contributed by atoms with E-state index in [0.717, 1.165) is 11.1 Å². The number of carbonyl (C=O) groups excluding carboxylic acids is 2. The van der Waals surface area contributed by atoms with Crippen molar-refractivity contribution in [2.24, 2.45) is 7.05 Å². The third kappa shape index (κ3) is 4.26. The van der Waals surface area contributed by atoms with Crippen molar-refractivity contribution in [3.05, 3.63) is 58.0 Å². The Labute approximate surface area is 133 Å². The molecular weight excluding hydrogens is 296 g/mol. The fourth-order valence-electron chi connectivity index (χ4n) is 1.90. The molecule has 0 aliphatic rings. The molecule has 0 spiro atoms. The van der Waals surface area contributed by atoms with Crippen LogP contribution in [-0.4, -0.2) is 28.1 Å². The van der Waals surface area contributed by atoms with E-state index in [1.54, 1.807) is 24.3 Å². The number of aromatic nitrogens is 2. The standard InChI is InChI=1S/C16H18N4O3/c1-3-9-17-15(22)11-5-4-6-12(10-11)18-16(23)13-7-8-14(21)20(2)19-13/h4-8,10H,3,9H2,1-2H3,(H,17,22)(H,18,23). The van der Waals surface area contributed by atoms with Gasteiger partial charge in [-0.3, -0.25) is 14.4 Å². The van der Waals surface area contributed by atoms with E-state index in [2.05, 4.69) is 15.7 Å². The normalized spacial score (nSPS) is 10.2. The van der Waals surface area contributed by atoms with Gasteiger partial charge in [0, 0.05) is 30.9 Å². The van der Waals surface area contributed by atoms with Gasteiger partial charge in [-0.2, -0.15) is 5.10 Å². The van der Waals surface area contributed by atoms with Gasteiger partial charge in [-0.1, -0.05) is 13.0 Å². The Morgan fingerprint density at radius 3 is 2.65 bits per heavy atom. The summed E-state index contributed by atoms with van der Waals surface area (Å²) in [6.07, 6.45) is 0.848. The summed E-state index contributed by atoms with van der Waals surface area (Å²) in [6.45, 7) is 2.56. The summed E-state index contributed by atoms with van der Waals surface area (Å²) < 4.78 is 1.09. The molecule has 1 aromatic carbocycles. The van der Waals surface area contributed by atoms with E-state index >= 15 is 0 Å². The van der Waals surface area contributed by atoms with Gasteiger partial charge >= 0.3 is 0 Å². The highest BCUT2D eigenvalue weighted by Gasteiger charge is 2.11. The van der Waals surface area contributed by atoms with Crippen LogP contribution in [0.25, 0.3) is 0 Å². The SMILES string of the molecule is CCCNC(=O)c1cccc(NC(=O)c2ccc(=O)n(C)n2)c1. The molecule has 7 heteroatoms. The van der Waals surface area contributed by atoms with Crippen molar-refractivity contribution < 1.29 is 9.59 Å². The first-order chi connectivity index (χ1) is 11.0. The highest BCUT2D eigenvalue weighted by Crippen LogP contribution is 2.11. The van der Waals surface area contributed by atoms with E-state index in [9.17, 15) is 14.4 Å². The number of rotatable bonds is 5. The number of hydrogen-bond donors (Lipinski definition) is 2. The Kier molecular flexibility index (Phi) is 5.24. The molecule has 1 aromatic heterocycles. The molecule has 0 radical (unpaired) electrons. The maximum absolute atomic E-state index is 12.1. The van der Waals surface area contributed by atoms with Crippen molar-refractivity contribution >= 4 is 17.5 Å². The molecule has 7 nitrogen and oxygen atoms in total. The summed E-state index contributed by atoms with van der Waals surface area (Å²) in [6, 6.07) is 9.25. The third-order valence-corrected chi connectivity index (χ3v) is 3.11. The molecule has 2 amide bonds. The molecule has 1 heterocycles. The summed E-state index contributed by atoms with van der Waals surface area (Å²) in [7, 11) is 1.47. The minimum atomic E-state index is -0.452. The van der Waals surface area contributed by atoms with E-state index in [0.29, 0.717) is 17.8 Å². The lowest BCUT2D eigenvalue weighted by Gasteiger charge is -2.08. The highest BCUT2D eigenvalue weighted by molar-refractivity contribution is 6.03. The molecular formula is C16H18N4O3. The van der Waals surface area contributed by atoms with Crippen molar-refractivity contribution in [2.45, 2.75) is 13.3 Å². The molecule has 0 saturated carbocycles. The zero-order valence-corrected chi connectivity index (χ0v) is 13.0. The molecule has 23 heavy (non-hydrogen) atoms. The Morgan fingerprint density at radius 1 is 1.17 bits per heavy atom. The zero-order chi connectivity index (χ0) is 16.8. The predicted molar refractivity (Wildman–Crippen MR) is 86.5 cm³/mol. The van der Waals surface area contributed by atoms with Gasteiger partial charge in [-0.15, -0.1) is 0 Å². The van der Waals surface area contributed by atoms with Gasteiger partial charge in [0.2, 0.25) is 0 Å². The first kappa shape index (κ1) is 16.4. The van der Waals surface area contributed by atoms with Crippen LogP contribution in [0.15, 0.2) is 41.2 Å². The van der Waals surface area contributed by atoms with Gasteiger partial charge < -0.3 is 10.6 Å². The number of anilines is 1. The Morgan fingerprint density at radius 2 is 1.96 bits per heavy atom. The molecule has 2 rings (SSSR count). The summed E-state index contributed by atoms with van der Waals surface area (Å²) >= 11 is 0. The second-order valence-electron chi connectivity index (χ2n) is 4.97. The number of hydrogen-bond acceptors (Lipinski definition) is 4. The Bertz CT molecular complexity index is 783. The van der Waals surface area contributed by atoms with Crippen LogP contribution < -0.4 is 16.2 Å². The molecule has 120 valence electrons. The van der Waals surface area contributed by atoms with Crippen molar-refractivity contribution in [1.82, 2.24) is 15.1 Å². The van der Waals surface area contributed by atoms with Gasteiger partial charge in [-0.05, 0) is 30.7 Å². The fourth-order valence-corrected chi connectivity index (χ4v) is 1.90. The number of aryl methyl sites for hydroxylation is 1. The lowest BCUT2D eigenvalue weighted by molar-refractivity contribution is 0.0952. The summed E-state index contributed by atoms with van der Waals surface area (Å²) in [5.74, 6) is -0.644. The first-order valence-electron chi connectivity index (χ1n) is 7.25. The minimum absolute atomic E-state index is 0.118. The van der Waals surface area contributed by atoms with Gasteiger partial charge in [0.25, 0.3) is 17.4 Å². The first-order valence-corrected chi connectivity index (χ1v) is 7.25. The number of benzene rings is 1. The largest absolute Gasteiger partial charge is 0.352 e. The van der Waals surface area contributed by atoms with E-state index in [1.807, 2.05) is 6.92 Å². The van der Waals surface area contributed by atoms with Gasteiger partial charge in [0.15, 0.2) is 0 Å². The molecule has 2 aromatic rings. The second-order valence-corrected chi connectivity index (χ2v) is 4.97. The van der Waals surface area contributed by atoms with Crippen molar-refractivity contribution in [1.29, 1.82) is 0 Å². The van der Waals surface area contributed by atoms with Crippen LogP contribution in [0.4, 0.5) is 5.69 Å². The van der Waals surface area contributed by atoms with E-state index in [-0.39, 0.29) is 17.2 Å². The second kappa shape index (κ2) is 7.35. The number of nitrogens with zero attached hydrogens (tertiary/aromatic N) is 2. The average Bonchev–Trinajstić information content (AvgIpc) is 2.55. The van der Waals surface area contributed by atoms with Gasteiger partial charge in [0.1, 0.15) is 5.69 Å². The summed E-state index contributed by atoms with van der Waals surface area (Å²) in [4.78, 5) is 35.3. The van der Waals surface area contributed by atoms with E-state index < -0.39 is 5.91 Å². The third-order valence-electron chi connectivity index (χ3n) is 3.11. The van der Waals surface area contributed by atoms with Gasteiger partial charge in [0.05, 0.1) is 0 Å². The predicted octanol–water partition coefficient (Wildman–Crippen LogP) is 1.17. The lowest BCUT2D eigenvalue weighted by atomic mass is 10.2. The topological polar surface area (TPSA) is 93.1 Å². The molecule has 2 N–H and O–H groups in total. The van der Waals surface area contributed by atoms with Crippen molar-refractivity contribution in [3.63, 3.8) is 0 Å². The fraction of sp³-hybridized carbons (Fsp3) is 0.250. The molecule has 0 saturated heterocycles. The number of amides is 2. The van der Waals surface area contributed by atoms with Crippen LogP contribution in [0.2, 0.25) is 0 Å². The summed E-state index contributed by atoms with van der Waals surface area (Å²) in [5.41, 5.74) is 0.767. The molecule has 0 atom stereocenters. The van der Waals surface area contributed by atoms with Crippen LogP contribution in [-0.2, 0) is 7.05 Å². The molecule has 0 unspecified atom stereocenters. The smallest absolute Gasteiger partial charge is 0.276 e. The van der Waals surface area contributed by atoms with Crippen molar-refractivity contribution in [2.75, 3.05) is 11.9 Å². The summed E-state index contributed by atoms with van der Waals surface area (Å²) in [5, 5.41) is 9.31. The van der Waals surface area contributed by atoms with Crippen LogP contribution in [0.5, 0.6) is 0 Å². The maximum atomic E-state index is 12.1. The molecule has 0 aliphatic carbocycles. The maximum Gasteiger partial charge on any atom is 0.276 e. The minimum Gasteiger partial charge on any atom is -0.352 e. The monoisotopic (exact) mass is 314 g/mol. The van der Waals surface area contributed by atoms with Crippen LogP contribution in [0, 0.1) is 0 Å². The average molecular weight is 314 g/mol. The Hall–Kier alpha value is -2.96. The zero-order valence-electron chi connectivity index (χ0n) is 13.0. The number of carbonyl (C=O) groups is 2. The highest BCUT2D eigenvalue weighted by atomic mass is 16.2. The van der Waals surface area contributed by atoms with E-state index in [4.69, 9.17) is 0 Å². The van der Waals surface area contributed by atoms with E-state index in [1.165, 1.54) is 19.2 Å². The molecule has 0 fully saturated rings. The molecule has 0 bridgehead atoms. The Balaban J connectivity index is 2.13. The van der Waals surface area contributed by atoms with Gasteiger partial charge in [-0.25, -0.2) is 4.68 Å². The van der Waals surface area contributed by atoms with Crippen molar-refractivity contribution in [3.8, 4) is 0 Å². The van der Waals surface area contributed by atoms with Crippen LogP contribution >= 0.6 is 0 Å².